The highest BCUT2D eigenvalue weighted by molar-refractivity contribution is 7.99. The lowest BCUT2D eigenvalue weighted by Crippen LogP contribution is -2.45. The molecule has 1 saturated heterocycles. The summed E-state index contributed by atoms with van der Waals surface area (Å²) < 4.78 is 18.6. The molecule has 2 aromatic carbocycles. The fraction of sp³-hybridized carbons (Fsp3) is 0.391. The maximum Gasteiger partial charge on any atom is 0.320 e. The molecule has 0 bridgehead atoms. The molecule has 30 heavy (non-hydrogen) atoms. The van der Waals surface area contributed by atoms with Gasteiger partial charge in [-0.3, -0.25) is 14.5 Å². The van der Waals surface area contributed by atoms with E-state index in [1.54, 1.807) is 23.9 Å². The van der Waals surface area contributed by atoms with E-state index in [-0.39, 0.29) is 48.8 Å². The van der Waals surface area contributed by atoms with Gasteiger partial charge < -0.3 is 9.64 Å². The molecule has 1 aliphatic rings. The standard InChI is InChI=1S/C23H27FN2O3S/c1-17(2)25(15-22(28)29-16-18-6-4-3-5-7-18)14-21(27)26-12-13-30-23(26)19-8-10-20(24)11-9-19/h3-11,17,23H,12-16H2,1-2H3. The number of halogens is 1. The third-order valence-corrected chi connectivity index (χ3v) is 6.27. The molecule has 0 aliphatic carbocycles. The molecule has 1 fully saturated rings. The van der Waals surface area contributed by atoms with Crippen molar-refractivity contribution < 1.29 is 18.7 Å². The molecule has 1 heterocycles. The molecular weight excluding hydrogens is 403 g/mol. The van der Waals surface area contributed by atoms with Gasteiger partial charge >= 0.3 is 5.97 Å². The van der Waals surface area contributed by atoms with Crippen LogP contribution in [0.25, 0.3) is 0 Å². The summed E-state index contributed by atoms with van der Waals surface area (Å²) in [5.41, 5.74) is 1.83. The second-order valence-electron chi connectivity index (χ2n) is 7.51. The maximum absolute atomic E-state index is 13.2. The van der Waals surface area contributed by atoms with Crippen molar-refractivity contribution in [3.8, 4) is 0 Å². The Hall–Kier alpha value is -2.38. The normalized spacial score (nSPS) is 16.3. The highest BCUT2D eigenvalue weighted by Gasteiger charge is 2.32. The van der Waals surface area contributed by atoms with Crippen LogP contribution < -0.4 is 0 Å². The number of nitrogens with zero attached hydrogens (tertiary/aromatic N) is 2. The first-order chi connectivity index (χ1) is 14.4. The third kappa shape index (κ3) is 6.06. The van der Waals surface area contributed by atoms with Gasteiger partial charge in [-0.2, -0.15) is 0 Å². The molecule has 2 aromatic rings. The number of hydrogen-bond donors (Lipinski definition) is 0. The Kier molecular flexibility index (Phi) is 7.87. The number of carbonyl (C=O) groups excluding carboxylic acids is 2. The van der Waals surface area contributed by atoms with Crippen LogP contribution in [0.15, 0.2) is 54.6 Å². The van der Waals surface area contributed by atoms with Gasteiger partial charge in [0, 0.05) is 18.3 Å². The first kappa shape index (κ1) is 22.3. The van der Waals surface area contributed by atoms with Crippen molar-refractivity contribution >= 4 is 23.6 Å². The highest BCUT2D eigenvalue weighted by Crippen LogP contribution is 2.37. The SMILES string of the molecule is CC(C)N(CC(=O)OCc1ccccc1)CC(=O)N1CCSC1c1ccc(F)cc1. The molecule has 1 unspecified atom stereocenters. The monoisotopic (exact) mass is 430 g/mol. The Morgan fingerprint density at radius 1 is 1.13 bits per heavy atom. The molecular formula is C23H27FN2O3S. The van der Waals surface area contributed by atoms with Gasteiger partial charge in [0.25, 0.3) is 0 Å². The van der Waals surface area contributed by atoms with Gasteiger partial charge in [0.15, 0.2) is 0 Å². The predicted molar refractivity (Wildman–Crippen MR) is 116 cm³/mol. The average Bonchev–Trinajstić information content (AvgIpc) is 3.23. The largest absolute Gasteiger partial charge is 0.460 e. The van der Waals surface area contributed by atoms with Crippen LogP contribution in [-0.2, 0) is 20.9 Å². The van der Waals surface area contributed by atoms with Crippen molar-refractivity contribution in [2.24, 2.45) is 0 Å². The lowest BCUT2D eigenvalue weighted by atomic mass is 10.2. The van der Waals surface area contributed by atoms with E-state index < -0.39 is 0 Å². The summed E-state index contributed by atoms with van der Waals surface area (Å²) in [4.78, 5) is 29.0. The van der Waals surface area contributed by atoms with Crippen LogP contribution >= 0.6 is 11.8 Å². The molecule has 1 atom stereocenters. The van der Waals surface area contributed by atoms with Gasteiger partial charge in [-0.05, 0) is 37.1 Å². The van der Waals surface area contributed by atoms with Crippen LogP contribution in [0.4, 0.5) is 4.39 Å². The van der Waals surface area contributed by atoms with Crippen LogP contribution in [0.2, 0.25) is 0 Å². The Labute approximate surface area is 181 Å². The number of ether oxygens (including phenoxy) is 1. The Morgan fingerprint density at radius 3 is 2.50 bits per heavy atom. The second kappa shape index (κ2) is 10.6. The summed E-state index contributed by atoms with van der Waals surface area (Å²) in [6, 6.07) is 15.8. The number of hydrogen-bond acceptors (Lipinski definition) is 5. The van der Waals surface area contributed by atoms with E-state index in [0.717, 1.165) is 16.9 Å². The summed E-state index contributed by atoms with van der Waals surface area (Å²) in [6.07, 6.45) is 0. The lowest BCUT2D eigenvalue weighted by molar-refractivity contribution is -0.147. The molecule has 0 N–H and O–H groups in total. The lowest BCUT2D eigenvalue weighted by Gasteiger charge is -2.30. The zero-order valence-corrected chi connectivity index (χ0v) is 18.1. The van der Waals surface area contributed by atoms with E-state index in [0.29, 0.717) is 6.54 Å². The molecule has 0 aromatic heterocycles. The molecule has 0 spiro atoms. The van der Waals surface area contributed by atoms with Gasteiger partial charge in [-0.1, -0.05) is 42.5 Å². The molecule has 0 saturated carbocycles. The minimum Gasteiger partial charge on any atom is -0.460 e. The van der Waals surface area contributed by atoms with Crippen LogP contribution in [-0.4, -0.2) is 53.1 Å². The Morgan fingerprint density at radius 2 is 1.83 bits per heavy atom. The molecule has 5 nitrogen and oxygen atoms in total. The molecule has 160 valence electrons. The predicted octanol–water partition coefficient (Wildman–Crippen LogP) is 3.85. The molecule has 3 rings (SSSR count). The van der Waals surface area contributed by atoms with E-state index >= 15 is 0 Å². The first-order valence-electron chi connectivity index (χ1n) is 10.0. The topological polar surface area (TPSA) is 49.9 Å². The van der Waals surface area contributed by atoms with Crippen LogP contribution in [0.3, 0.4) is 0 Å². The van der Waals surface area contributed by atoms with Gasteiger partial charge in [-0.25, -0.2) is 4.39 Å². The summed E-state index contributed by atoms with van der Waals surface area (Å²) in [5, 5.41) is -0.128. The van der Waals surface area contributed by atoms with Crippen molar-refractivity contribution in [1.29, 1.82) is 0 Å². The number of amides is 1. The van der Waals surface area contributed by atoms with Gasteiger partial charge in [0.2, 0.25) is 5.91 Å². The van der Waals surface area contributed by atoms with Crippen LogP contribution in [0.5, 0.6) is 0 Å². The number of esters is 1. The number of carbonyl (C=O) groups is 2. The van der Waals surface area contributed by atoms with Crippen molar-refractivity contribution in [2.45, 2.75) is 31.9 Å². The third-order valence-electron chi connectivity index (χ3n) is 5.01. The van der Waals surface area contributed by atoms with Crippen molar-refractivity contribution in [1.82, 2.24) is 9.80 Å². The second-order valence-corrected chi connectivity index (χ2v) is 8.69. The first-order valence-corrected chi connectivity index (χ1v) is 11.1. The Balaban J connectivity index is 1.57. The fourth-order valence-electron chi connectivity index (χ4n) is 3.26. The Bertz CT molecular complexity index is 845. The van der Waals surface area contributed by atoms with E-state index in [4.69, 9.17) is 4.74 Å². The zero-order chi connectivity index (χ0) is 21.5. The maximum atomic E-state index is 13.2. The van der Waals surface area contributed by atoms with Gasteiger partial charge in [-0.15, -0.1) is 11.8 Å². The number of thioether (sulfide) groups is 1. The molecule has 1 aliphatic heterocycles. The van der Waals surface area contributed by atoms with Crippen LogP contribution in [0, 0.1) is 5.82 Å². The summed E-state index contributed by atoms with van der Waals surface area (Å²) >= 11 is 1.67. The summed E-state index contributed by atoms with van der Waals surface area (Å²) in [6.45, 7) is 4.95. The van der Waals surface area contributed by atoms with E-state index in [2.05, 4.69) is 0 Å². The fourth-order valence-corrected chi connectivity index (χ4v) is 4.54. The van der Waals surface area contributed by atoms with Crippen LogP contribution in [0.1, 0.15) is 30.3 Å². The van der Waals surface area contributed by atoms with E-state index in [1.807, 2.05) is 54.0 Å². The molecule has 7 heteroatoms. The summed E-state index contributed by atoms with van der Waals surface area (Å²) in [7, 11) is 0. The number of benzene rings is 2. The van der Waals surface area contributed by atoms with E-state index in [1.165, 1.54) is 12.1 Å². The van der Waals surface area contributed by atoms with Crippen molar-refractivity contribution in [3.63, 3.8) is 0 Å². The average molecular weight is 431 g/mol. The molecule has 0 radical (unpaired) electrons. The molecule has 1 amide bonds. The smallest absolute Gasteiger partial charge is 0.320 e. The minimum absolute atomic E-state index is 0.0118. The van der Waals surface area contributed by atoms with Crippen molar-refractivity contribution in [2.75, 3.05) is 25.4 Å². The van der Waals surface area contributed by atoms with Gasteiger partial charge in [0.1, 0.15) is 17.8 Å². The number of rotatable bonds is 8. The quantitative estimate of drug-likeness (QED) is 0.596. The van der Waals surface area contributed by atoms with E-state index in [9.17, 15) is 14.0 Å². The zero-order valence-electron chi connectivity index (χ0n) is 17.3. The van der Waals surface area contributed by atoms with Crippen molar-refractivity contribution in [3.05, 3.63) is 71.5 Å². The summed E-state index contributed by atoms with van der Waals surface area (Å²) in [5.74, 6) is 0.138. The highest BCUT2D eigenvalue weighted by atomic mass is 32.2. The van der Waals surface area contributed by atoms with Gasteiger partial charge in [0.05, 0.1) is 13.1 Å². The minimum atomic E-state index is -0.355.